The molecule has 1 aromatic rings. The Balaban J connectivity index is 2.05. The molecule has 2 unspecified atom stereocenters. The SMILES string of the molecule is CCC(C)n1ccc(CC2(N)CCCC(C)(C)C2)n1. The van der Waals surface area contributed by atoms with Crippen LogP contribution in [0.3, 0.4) is 0 Å². The molecule has 0 aromatic carbocycles. The number of hydrogen-bond acceptors (Lipinski definition) is 2. The summed E-state index contributed by atoms with van der Waals surface area (Å²) in [5.41, 5.74) is 8.11. The van der Waals surface area contributed by atoms with Gasteiger partial charge in [0, 0.05) is 24.2 Å². The minimum absolute atomic E-state index is 0.0591. The van der Waals surface area contributed by atoms with Gasteiger partial charge in [-0.1, -0.05) is 27.2 Å². The van der Waals surface area contributed by atoms with Crippen molar-refractivity contribution >= 4 is 0 Å². The Morgan fingerprint density at radius 3 is 2.79 bits per heavy atom. The standard InChI is InChI=1S/C16H29N3/c1-5-13(2)19-10-7-14(18-19)11-16(17)9-6-8-15(3,4)12-16/h7,10,13H,5-6,8-9,11-12,17H2,1-4H3. The van der Waals surface area contributed by atoms with Gasteiger partial charge in [0.2, 0.25) is 0 Å². The Hall–Kier alpha value is -0.830. The molecule has 0 amide bonds. The van der Waals surface area contributed by atoms with Crippen molar-refractivity contribution in [3.63, 3.8) is 0 Å². The number of aromatic nitrogens is 2. The van der Waals surface area contributed by atoms with Crippen LogP contribution in [0.4, 0.5) is 0 Å². The predicted octanol–water partition coefficient (Wildman–Crippen LogP) is 3.69. The van der Waals surface area contributed by atoms with Crippen molar-refractivity contribution in [2.24, 2.45) is 11.1 Å². The summed E-state index contributed by atoms with van der Waals surface area (Å²) < 4.78 is 2.08. The summed E-state index contributed by atoms with van der Waals surface area (Å²) in [6, 6.07) is 2.62. The molecule has 2 atom stereocenters. The van der Waals surface area contributed by atoms with Gasteiger partial charge in [-0.25, -0.2) is 0 Å². The van der Waals surface area contributed by atoms with Crippen molar-refractivity contribution in [1.29, 1.82) is 0 Å². The zero-order valence-electron chi connectivity index (χ0n) is 12.9. The van der Waals surface area contributed by atoms with Gasteiger partial charge in [0.1, 0.15) is 0 Å². The van der Waals surface area contributed by atoms with Crippen LogP contribution in [0.15, 0.2) is 12.3 Å². The first-order valence-corrected chi connectivity index (χ1v) is 7.66. The van der Waals surface area contributed by atoms with E-state index in [0.717, 1.165) is 31.4 Å². The lowest BCUT2D eigenvalue weighted by atomic mass is 9.67. The summed E-state index contributed by atoms with van der Waals surface area (Å²) >= 11 is 0. The van der Waals surface area contributed by atoms with E-state index in [1.165, 1.54) is 12.8 Å². The Morgan fingerprint density at radius 2 is 2.16 bits per heavy atom. The van der Waals surface area contributed by atoms with Crippen LogP contribution in [0.2, 0.25) is 0 Å². The van der Waals surface area contributed by atoms with Crippen molar-refractivity contribution in [3.05, 3.63) is 18.0 Å². The Labute approximate surface area is 117 Å². The topological polar surface area (TPSA) is 43.8 Å². The molecule has 1 aliphatic carbocycles. The molecule has 1 saturated carbocycles. The molecule has 0 radical (unpaired) electrons. The maximum atomic E-state index is 6.64. The number of hydrogen-bond donors (Lipinski definition) is 1. The zero-order chi connectivity index (χ0) is 14.1. The van der Waals surface area contributed by atoms with Gasteiger partial charge in [-0.2, -0.15) is 5.10 Å². The maximum Gasteiger partial charge on any atom is 0.0643 e. The Morgan fingerprint density at radius 1 is 1.42 bits per heavy atom. The number of nitrogens with two attached hydrogens (primary N) is 1. The quantitative estimate of drug-likeness (QED) is 0.900. The third-order valence-corrected chi connectivity index (χ3v) is 4.60. The Bertz CT molecular complexity index is 421. The maximum absolute atomic E-state index is 6.64. The van der Waals surface area contributed by atoms with E-state index >= 15 is 0 Å². The van der Waals surface area contributed by atoms with Crippen LogP contribution < -0.4 is 5.73 Å². The summed E-state index contributed by atoms with van der Waals surface area (Å²) in [7, 11) is 0. The second-order valence-electron chi connectivity index (χ2n) is 7.28. The van der Waals surface area contributed by atoms with Gasteiger partial charge in [-0.3, -0.25) is 4.68 Å². The van der Waals surface area contributed by atoms with Crippen LogP contribution in [0.5, 0.6) is 0 Å². The normalized spacial score (nSPS) is 28.3. The van der Waals surface area contributed by atoms with Crippen molar-refractivity contribution in [2.45, 2.75) is 77.8 Å². The molecule has 108 valence electrons. The fourth-order valence-electron chi connectivity index (χ4n) is 3.46. The highest BCUT2D eigenvalue weighted by Gasteiger charge is 2.37. The van der Waals surface area contributed by atoms with Crippen LogP contribution >= 0.6 is 0 Å². The van der Waals surface area contributed by atoms with E-state index in [1.807, 2.05) is 0 Å². The fourth-order valence-corrected chi connectivity index (χ4v) is 3.46. The number of nitrogens with zero attached hydrogens (tertiary/aromatic N) is 2. The molecular weight excluding hydrogens is 234 g/mol. The highest BCUT2D eigenvalue weighted by Crippen LogP contribution is 2.40. The largest absolute Gasteiger partial charge is 0.325 e. The van der Waals surface area contributed by atoms with E-state index in [-0.39, 0.29) is 5.54 Å². The van der Waals surface area contributed by atoms with Gasteiger partial charge in [0.15, 0.2) is 0 Å². The molecule has 0 aliphatic heterocycles. The smallest absolute Gasteiger partial charge is 0.0643 e. The highest BCUT2D eigenvalue weighted by atomic mass is 15.3. The van der Waals surface area contributed by atoms with E-state index in [4.69, 9.17) is 10.8 Å². The molecule has 1 fully saturated rings. The number of rotatable bonds is 4. The second-order valence-corrected chi connectivity index (χ2v) is 7.28. The van der Waals surface area contributed by atoms with Crippen LogP contribution in [0.25, 0.3) is 0 Å². The van der Waals surface area contributed by atoms with E-state index in [1.54, 1.807) is 0 Å². The lowest BCUT2D eigenvalue weighted by Gasteiger charge is -2.42. The minimum Gasteiger partial charge on any atom is -0.325 e. The van der Waals surface area contributed by atoms with Crippen molar-refractivity contribution in [1.82, 2.24) is 9.78 Å². The van der Waals surface area contributed by atoms with Gasteiger partial charge >= 0.3 is 0 Å². The molecule has 0 bridgehead atoms. The van der Waals surface area contributed by atoms with Crippen molar-refractivity contribution < 1.29 is 0 Å². The first kappa shape index (κ1) is 14.6. The van der Waals surface area contributed by atoms with Crippen LogP contribution in [-0.2, 0) is 6.42 Å². The first-order chi connectivity index (χ1) is 8.84. The molecule has 2 N–H and O–H groups in total. The van der Waals surface area contributed by atoms with Crippen molar-refractivity contribution in [3.8, 4) is 0 Å². The van der Waals surface area contributed by atoms with E-state index in [0.29, 0.717) is 11.5 Å². The molecule has 2 rings (SSSR count). The van der Waals surface area contributed by atoms with Crippen LogP contribution in [0.1, 0.15) is 71.5 Å². The van der Waals surface area contributed by atoms with Gasteiger partial charge in [0.05, 0.1) is 5.69 Å². The molecule has 3 heteroatoms. The summed E-state index contributed by atoms with van der Waals surface area (Å²) in [6.45, 7) is 9.08. The lowest BCUT2D eigenvalue weighted by molar-refractivity contribution is 0.150. The van der Waals surface area contributed by atoms with E-state index < -0.39 is 0 Å². The molecule has 19 heavy (non-hydrogen) atoms. The molecule has 1 aliphatic rings. The average molecular weight is 263 g/mol. The van der Waals surface area contributed by atoms with Gasteiger partial charge < -0.3 is 5.73 Å². The summed E-state index contributed by atoms with van der Waals surface area (Å²) in [4.78, 5) is 0. The van der Waals surface area contributed by atoms with Gasteiger partial charge in [-0.05, 0) is 44.1 Å². The molecule has 0 saturated heterocycles. The zero-order valence-corrected chi connectivity index (χ0v) is 12.9. The molecule has 0 spiro atoms. The predicted molar refractivity (Wildman–Crippen MR) is 80.1 cm³/mol. The first-order valence-electron chi connectivity index (χ1n) is 7.66. The van der Waals surface area contributed by atoms with Crippen LogP contribution in [-0.4, -0.2) is 15.3 Å². The summed E-state index contributed by atoms with van der Waals surface area (Å²) in [6.07, 6.45) is 8.91. The second kappa shape index (κ2) is 5.28. The molecule has 1 heterocycles. The fraction of sp³-hybridized carbons (Fsp3) is 0.812. The van der Waals surface area contributed by atoms with Crippen LogP contribution in [0, 0.1) is 5.41 Å². The monoisotopic (exact) mass is 263 g/mol. The average Bonchev–Trinajstić information content (AvgIpc) is 2.73. The van der Waals surface area contributed by atoms with Gasteiger partial charge in [0.25, 0.3) is 0 Å². The molecule has 1 aromatic heterocycles. The molecule has 3 nitrogen and oxygen atoms in total. The van der Waals surface area contributed by atoms with Gasteiger partial charge in [-0.15, -0.1) is 0 Å². The highest BCUT2D eigenvalue weighted by molar-refractivity contribution is 5.08. The summed E-state index contributed by atoms with van der Waals surface area (Å²) in [5, 5.41) is 4.70. The third-order valence-electron chi connectivity index (χ3n) is 4.60. The minimum atomic E-state index is -0.0591. The van der Waals surface area contributed by atoms with E-state index in [2.05, 4.69) is 44.6 Å². The molecular formula is C16H29N3. The third kappa shape index (κ3) is 3.59. The lowest BCUT2D eigenvalue weighted by Crippen LogP contribution is -2.48. The summed E-state index contributed by atoms with van der Waals surface area (Å²) in [5.74, 6) is 0. The van der Waals surface area contributed by atoms with Crippen molar-refractivity contribution in [2.75, 3.05) is 0 Å². The van der Waals surface area contributed by atoms with E-state index in [9.17, 15) is 0 Å². The Kier molecular flexibility index (Phi) is 4.05.